The van der Waals surface area contributed by atoms with Crippen molar-refractivity contribution in [1.82, 2.24) is 4.90 Å². The van der Waals surface area contributed by atoms with E-state index in [0.717, 1.165) is 13.0 Å². The largest absolute Gasteiger partial charge is 0.481 e. The lowest BCUT2D eigenvalue weighted by Gasteiger charge is -2.39. The van der Waals surface area contributed by atoms with Crippen molar-refractivity contribution in [1.29, 1.82) is 0 Å². The van der Waals surface area contributed by atoms with Crippen LogP contribution in [-0.4, -0.2) is 34.6 Å². The molecule has 1 heterocycles. The fraction of sp³-hybridized carbons (Fsp3) is 0.929. The standard InChI is InChI=1S/C14H27NO2/c1-3-4-5-8-12(2)15-10-7-6-9-13(15)11-14(16)17/h12-13H,3-11H2,1-2H3,(H,16,17). The number of hydrogen-bond donors (Lipinski definition) is 1. The minimum atomic E-state index is -0.650. The second-order valence-electron chi connectivity index (χ2n) is 5.33. The lowest BCUT2D eigenvalue weighted by molar-refractivity contribution is -0.139. The van der Waals surface area contributed by atoms with Crippen LogP contribution in [-0.2, 0) is 4.79 Å². The summed E-state index contributed by atoms with van der Waals surface area (Å²) in [4.78, 5) is 13.3. The van der Waals surface area contributed by atoms with E-state index in [0.29, 0.717) is 12.5 Å². The third kappa shape index (κ3) is 5.07. The molecule has 0 saturated carbocycles. The monoisotopic (exact) mass is 241 g/mol. The second kappa shape index (κ2) is 7.70. The molecule has 0 aromatic rings. The number of carbonyl (C=O) groups is 1. The average molecular weight is 241 g/mol. The summed E-state index contributed by atoms with van der Waals surface area (Å²) in [5.74, 6) is -0.650. The molecule has 0 radical (unpaired) electrons. The van der Waals surface area contributed by atoms with Gasteiger partial charge in [0.25, 0.3) is 0 Å². The molecule has 1 saturated heterocycles. The highest BCUT2D eigenvalue weighted by Crippen LogP contribution is 2.24. The lowest BCUT2D eigenvalue weighted by Crippen LogP contribution is -2.46. The van der Waals surface area contributed by atoms with Gasteiger partial charge >= 0.3 is 5.97 Å². The van der Waals surface area contributed by atoms with Crippen molar-refractivity contribution in [3.63, 3.8) is 0 Å². The first-order valence-corrected chi connectivity index (χ1v) is 7.12. The molecule has 1 N–H and O–H groups in total. The van der Waals surface area contributed by atoms with Crippen molar-refractivity contribution in [3.8, 4) is 0 Å². The normalized spacial score (nSPS) is 23.5. The van der Waals surface area contributed by atoms with Crippen molar-refractivity contribution in [3.05, 3.63) is 0 Å². The summed E-state index contributed by atoms with van der Waals surface area (Å²) in [6.07, 6.45) is 8.83. The van der Waals surface area contributed by atoms with Gasteiger partial charge in [-0.15, -0.1) is 0 Å². The van der Waals surface area contributed by atoms with Gasteiger partial charge in [-0.3, -0.25) is 9.69 Å². The predicted octanol–water partition coefficient (Wildman–Crippen LogP) is 3.28. The van der Waals surface area contributed by atoms with E-state index in [2.05, 4.69) is 18.7 Å². The zero-order chi connectivity index (χ0) is 12.7. The summed E-state index contributed by atoms with van der Waals surface area (Å²) in [7, 11) is 0. The molecule has 0 aromatic heterocycles. The lowest BCUT2D eigenvalue weighted by atomic mass is 9.96. The first-order valence-electron chi connectivity index (χ1n) is 7.12. The van der Waals surface area contributed by atoms with Gasteiger partial charge in [0.05, 0.1) is 6.42 Å². The topological polar surface area (TPSA) is 40.5 Å². The SMILES string of the molecule is CCCCCC(C)N1CCCCC1CC(=O)O. The van der Waals surface area contributed by atoms with E-state index in [9.17, 15) is 4.79 Å². The number of likely N-dealkylation sites (tertiary alicyclic amines) is 1. The van der Waals surface area contributed by atoms with Gasteiger partial charge in [-0.1, -0.05) is 32.6 Å². The molecule has 0 aliphatic carbocycles. The van der Waals surface area contributed by atoms with E-state index in [4.69, 9.17) is 5.11 Å². The van der Waals surface area contributed by atoms with Crippen LogP contribution in [0.1, 0.15) is 65.2 Å². The van der Waals surface area contributed by atoms with Gasteiger partial charge in [-0.05, 0) is 32.7 Å². The van der Waals surface area contributed by atoms with Gasteiger partial charge in [-0.25, -0.2) is 0 Å². The fourth-order valence-corrected chi connectivity index (χ4v) is 2.88. The first kappa shape index (κ1) is 14.5. The summed E-state index contributed by atoms with van der Waals surface area (Å²) < 4.78 is 0. The molecule has 0 bridgehead atoms. The molecule has 100 valence electrons. The Balaban J connectivity index is 2.42. The van der Waals surface area contributed by atoms with E-state index in [1.807, 2.05) is 0 Å². The minimum Gasteiger partial charge on any atom is -0.481 e. The Morgan fingerprint density at radius 3 is 2.82 bits per heavy atom. The van der Waals surface area contributed by atoms with Crippen LogP contribution in [0.15, 0.2) is 0 Å². The number of nitrogens with zero attached hydrogens (tertiary/aromatic N) is 1. The van der Waals surface area contributed by atoms with E-state index in [1.165, 1.54) is 38.5 Å². The fourth-order valence-electron chi connectivity index (χ4n) is 2.88. The summed E-state index contributed by atoms with van der Waals surface area (Å²) in [6, 6.07) is 0.823. The Labute approximate surface area is 105 Å². The van der Waals surface area contributed by atoms with Crippen LogP contribution >= 0.6 is 0 Å². The van der Waals surface area contributed by atoms with Crippen molar-refractivity contribution in [2.24, 2.45) is 0 Å². The maximum absolute atomic E-state index is 10.9. The third-order valence-corrected chi connectivity index (χ3v) is 3.87. The van der Waals surface area contributed by atoms with Crippen LogP contribution in [0.25, 0.3) is 0 Å². The number of hydrogen-bond acceptors (Lipinski definition) is 2. The molecule has 1 rings (SSSR count). The zero-order valence-electron chi connectivity index (χ0n) is 11.3. The molecular formula is C14H27NO2. The smallest absolute Gasteiger partial charge is 0.304 e. The van der Waals surface area contributed by atoms with Crippen LogP contribution in [0, 0.1) is 0 Å². The van der Waals surface area contributed by atoms with E-state index >= 15 is 0 Å². The van der Waals surface area contributed by atoms with E-state index < -0.39 is 5.97 Å². The molecular weight excluding hydrogens is 214 g/mol. The summed E-state index contributed by atoms with van der Waals surface area (Å²) >= 11 is 0. The quantitative estimate of drug-likeness (QED) is 0.695. The molecule has 2 atom stereocenters. The highest BCUT2D eigenvalue weighted by atomic mass is 16.4. The number of piperidine rings is 1. The van der Waals surface area contributed by atoms with Crippen LogP contribution in [0.3, 0.4) is 0 Å². The molecule has 17 heavy (non-hydrogen) atoms. The maximum Gasteiger partial charge on any atom is 0.304 e. The van der Waals surface area contributed by atoms with Crippen molar-refractivity contribution >= 4 is 5.97 Å². The van der Waals surface area contributed by atoms with Gasteiger partial charge < -0.3 is 5.11 Å². The molecule has 3 nitrogen and oxygen atoms in total. The molecule has 3 heteroatoms. The average Bonchev–Trinajstić information content (AvgIpc) is 2.29. The number of unbranched alkanes of at least 4 members (excludes halogenated alkanes) is 2. The van der Waals surface area contributed by atoms with Crippen LogP contribution in [0.5, 0.6) is 0 Å². The number of carboxylic acids is 1. The van der Waals surface area contributed by atoms with E-state index in [-0.39, 0.29) is 6.04 Å². The Bertz CT molecular complexity index is 230. The number of rotatable bonds is 7. The summed E-state index contributed by atoms with van der Waals surface area (Å²) in [6.45, 7) is 5.57. The van der Waals surface area contributed by atoms with Crippen molar-refractivity contribution < 1.29 is 9.90 Å². The highest BCUT2D eigenvalue weighted by Gasteiger charge is 2.27. The van der Waals surface area contributed by atoms with Crippen LogP contribution in [0.2, 0.25) is 0 Å². The third-order valence-electron chi connectivity index (χ3n) is 3.87. The summed E-state index contributed by atoms with van der Waals surface area (Å²) in [5.41, 5.74) is 0. The van der Waals surface area contributed by atoms with Gasteiger partial charge in [-0.2, -0.15) is 0 Å². The Hall–Kier alpha value is -0.570. The van der Waals surface area contributed by atoms with Gasteiger partial charge in [0, 0.05) is 12.1 Å². The molecule has 0 amide bonds. The summed E-state index contributed by atoms with van der Waals surface area (Å²) in [5, 5.41) is 8.95. The predicted molar refractivity (Wildman–Crippen MR) is 70.2 cm³/mol. The van der Waals surface area contributed by atoms with Crippen LogP contribution < -0.4 is 0 Å². The minimum absolute atomic E-state index is 0.276. The molecule has 0 aromatic carbocycles. The van der Waals surface area contributed by atoms with Gasteiger partial charge in [0.2, 0.25) is 0 Å². The number of aliphatic carboxylic acids is 1. The van der Waals surface area contributed by atoms with Crippen molar-refractivity contribution in [2.75, 3.05) is 6.54 Å². The second-order valence-corrected chi connectivity index (χ2v) is 5.33. The Morgan fingerprint density at radius 2 is 2.18 bits per heavy atom. The molecule has 2 unspecified atom stereocenters. The zero-order valence-corrected chi connectivity index (χ0v) is 11.3. The highest BCUT2D eigenvalue weighted by molar-refractivity contribution is 5.67. The molecule has 1 aliphatic heterocycles. The Morgan fingerprint density at radius 1 is 1.41 bits per heavy atom. The molecule has 1 aliphatic rings. The Kier molecular flexibility index (Phi) is 6.56. The van der Waals surface area contributed by atoms with Crippen molar-refractivity contribution in [2.45, 2.75) is 77.3 Å². The van der Waals surface area contributed by atoms with Gasteiger partial charge in [0.15, 0.2) is 0 Å². The molecule has 0 spiro atoms. The van der Waals surface area contributed by atoms with Crippen LogP contribution in [0.4, 0.5) is 0 Å². The van der Waals surface area contributed by atoms with Gasteiger partial charge in [0.1, 0.15) is 0 Å². The molecule has 1 fully saturated rings. The number of carboxylic acid groups (broad SMARTS) is 1. The van der Waals surface area contributed by atoms with E-state index in [1.54, 1.807) is 0 Å². The first-order chi connectivity index (χ1) is 8.15. The maximum atomic E-state index is 10.9.